The van der Waals surface area contributed by atoms with Crippen LogP contribution >= 0.6 is 0 Å². The van der Waals surface area contributed by atoms with E-state index in [1.807, 2.05) is 6.92 Å². The van der Waals surface area contributed by atoms with Gasteiger partial charge in [0.25, 0.3) is 0 Å². The molecule has 15 nitrogen and oxygen atoms in total. The number of nitrogens with two attached hydrogens (primary N) is 5. The highest BCUT2D eigenvalue weighted by Crippen LogP contribution is 2.07. The van der Waals surface area contributed by atoms with Crippen molar-refractivity contribution < 1.29 is 34.5 Å². The zero-order valence-corrected chi connectivity index (χ0v) is 25.1. The van der Waals surface area contributed by atoms with Crippen LogP contribution in [0.3, 0.4) is 0 Å². The van der Waals surface area contributed by atoms with Crippen LogP contribution in [0, 0.1) is 11.8 Å². The minimum absolute atomic E-state index is 0.0129. The number of unbranched alkanes of at least 4 members (excludes halogenated alkanes) is 2. The van der Waals surface area contributed by atoms with E-state index >= 15 is 0 Å². The Hall–Kier alpha value is -3.46. The quantitative estimate of drug-likeness (QED) is 0.0607. The normalized spacial score (nSPS) is 13.6. The van der Waals surface area contributed by atoms with Gasteiger partial charge in [-0.2, -0.15) is 0 Å². The number of carbonyl (C=O) groups is 4. The van der Waals surface area contributed by atoms with Crippen LogP contribution in [-0.2, 0) is 19.2 Å². The topological polar surface area (TPSA) is 296 Å². The van der Waals surface area contributed by atoms with Crippen molar-refractivity contribution >= 4 is 35.7 Å². The number of guanidine groups is 2. The molecule has 4 unspecified atom stereocenters. The van der Waals surface area contributed by atoms with E-state index in [-0.39, 0.29) is 29.7 Å². The third-order valence-corrected chi connectivity index (χ3v) is 5.66. The van der Waals surface area contributed by atoms with Crippen molar-refractivity contribution in [2.45, 2.75) is 104 Å². The van der Waals surface area contributed by atoms with E-state index < -0.39 is 30.0 Å². The Labute approximate surface area is 243 Å². The number of amides is 1. The fraction of sp³-hybridized carbons (Fsp3) is 0.769. The summed E-state index contributed by atoms with van der Waals surface area (Å²) < 4.78 is 0. The number of nitrogens with one attached hydrogen (secondary N) is 1. The lowest BCUT2D eigenvalue weighted by molar-refractivity contribution is -0.141. The molecule has 0 rings (SSSR count). The van der Waals surface area contributed by atoms with Gasteiger partial charge in [-0.1, -0.05) is 53.4 Å². The monoisotopic (exact) mass is 590 g/mol. The average molecular weight is 591 g/mol. The van der Waals surface area contributed by atoms with Crippen LogP contribution < -0.4 is 34.0 Å². The molecule has 0 saturated heterocycles. The minimum atomic E-state index is -1.03. The Morgan fingerprint density at radius 2 is 1.07 bits per heavy atom. The maximum Gasteiger partial charge on any atom is 0.320 e. The van der Waals surface area contributed by atoms with Gasteiger partial charge in [-0.25, -0.2) is 0 Å². The molecule has 0 aliphatic heterocycles. The summed E-state index contributed by atoms with van der Waals surface area (Å²) in [5, 5.41) is 27.9. The predicted molar refractivity (Wildman–Crippen MR) is 160 cm³/mol. The zero-order chi connectivity index (χ0) is 32.4. The Morgan fingerprint density at radius 3 is 1.44 bits per heavy atom. The van der Waals surface area contributed by atoms with E-state index in [0.717, 1.165) is 38.5 Å². The van der Waals surface area contributed by atoms with Crippen molar-refractivity contribution in [2.24, 2.45) is 50.5 Å². The van der Waals surface area contributed by atoms with Gasteiger partial charge in [0.05, 0.1) is 5.92 Å². The standard InChI is InChI=1S/C13H26N4O3.C7H14O2.C6H14N4O2/c1-3-4-6-9(2)11(18)17-13(15)16-8-5-7-10(14)12(19)20;1-3-4-5-6(2)7(8)9;7-4(5(11)12)2-1-3-10-6(8)9/h9-10H,3-8,14H2,1-2H3,(H,19,20)(H3,15,16,17,18);6H,3-5H2,1-2H3,(H,8,9);4H,1-3,7H2,(H,11,12)(H4,8,9,10). The Kier molecular flexibility index (Phi) is 27.4. The van der Waals surface area contributed by atoms with E-state index in [1.54, 1.807) is 6.92 Å². The molecule has 0 saturated carbocycles. The van der Waals surface area contributed by atoms with Gasteiger partial charge in [-0.3, -0.25) is 34.5 Å². The fourth-order valence-electron chi connectivity index (χ4n) is 2.84. The van der Waals surface area contributed by atoms with Crippen molar-refractivity contribution in [1.82, 2.24) is 5.32 Å². The molecule has 0 aromatic rings. The third-order valence-electron chi connectivity index (χ3n) is 5.66. The number of aliphatic imine (C=N–C) groups is 2. The first-order chi connectivity index (χ1) is 19.1. The Bertz CT molecular complexity index is 805. The van der Waals surface area contributed by atoms with Gasteiger partial charge >= 0.3 is 17.9 Å². The number of hydrogen-bond acceptors (Lipinski definition) is 8. The van der Waals surface area contributed by atoms with Crippen LogP contribution in [0.25, 0.3) is 0 Å². The molecule has 0 heterocycles. The number of carboxylic acid groups (broad SMARTS) is 3. The lowest BCUT2D eigenvalue weighted by Crippen LogP contribution is -2.40. The number of aliphatic carboxylic acids is 3. The largest absolute Gasteiger partial charge is 0.481 e. The Morgan fingerprint density at radius 1 is 0.659 bits per heavy atom. The summed E-state index contributed by atoms with van der Waals surface area (Å²) in [6.07, 6.45) is 7.57. The van der Waals surface area contributed by atoms with Gasteiger partial charge in [0.15, 0.2) is 11.9 Å². The van der Waals surface area contributed by atoms with Crippen molar-refractivity contribution in [3.05, 3.63) is 0 Å². The molecular formula is C26H54N8O7. The molecule has 15 heteroatoms. The summed E-state index contributed by atoms with van der Waals surface area (Å²) in [4.78, 5) is 50.3. The molecule has 41 heavy (non-hydrogen) atoms. The molecular weight excluding hydrogens is 536 g/mol. The van der Waals surface area contributed by atoms with E-state index in [4.69, 9.17) is 44.0 Å². The molecule has 0 radical (unpaired) electrons. The van der Waals surface area contributed by atoms with Crippen LogP contribution in [0.4, 0.5) is 0 Å². The van der Waals surface area contributed by atoms with E-state index in [9.17, 15) is 19.2 Å². The number of nitrogens with zero attached hydrogens (tertiary/aromatic N) is 2. The number of hydrogen-bond donors (Lipinski definition) is 9. The maximum absolute atomic E-state index is 11.7. The fourth-order valence-corrected chi connectivity index (χ4v) is 2.84. The first-order valence-corrected chi connectivity index (χ1v) is 14.0. The van der Waals surface area contributed by atoms with Gasteiger partial charge in [0, 0.05) is 19.0 Å². The van der Waals surface area contributed by atoms with E-state index in [1.165, 1.54) is 0 Å². The minimum Gasteiger partial charge on any atom is -0.481 e. The van der Waals surface area contributed by atoms with Crippen LogP contribution in [0.1, 0.15) is 91.9 Å². The molecule has 0 bridgehead atoms. The van der Waals surface area contributed by atoms with Crippen LogP contribution in [-0.4, -0.2) is 76.2 Å². The lowest BCUT2D eigenvalue weighted by Gasteiger charge is -2.11. The van der Waals surface area contributed by atoms with E-state index in [0.29, 0.717) is 38.8 Å². The van der Waals surface area contributed by atoms with Gasteiger partial charge in [-0.05, 0) is 38.5 Å². The second kappa shape index (κ2) is 26.7. The van der Waals surface area contributed by atoms with Crippen LogP contribution in [0.2, 0.25) is 0 Å². The van der Waals surface area contributed by atoms with Gasteiger partial charge in [-0.15, -0.1) is 0 Å². The van der Waals surface area contributed by atoms with Crippen LogP contribution in [0.15, 0.2) is 9.98 Å². The molecule has 1 amide bonds. The summed E-state index contributed by atoms with van der Waals surface area (Å²) >= 11 is 0. The van der Waals surface area contributed by atoms with Crippen LogP contribution in [0.5, 0.6) is 0 Å². The molecule has 240 valence electrons. The average Bonchev–Trinajstić information content (AvgIpc) is 2.90. The van der Waals surface area contributed by atoms with Crippen molar-refractivity contribution in [3.63, 3.8) is 0 Å². The molecule has 4 atom stereocenters. The predicted octanol–water partition coefficient (Wildman–Crippen LogP) is 0.785. The molecule has 0 aliphatic rings. The summed E-state index contributed by atoms with van der Waals surface area (Å²) in [5.74, 6) is -3.01. The summed E-state index contributed by atoms with van der Waals surface area (Å²) in [6, 6.07) is -1.70. The van der Waals surface area contributed by atoms with Crippen molar-refractivity contribution in [1.29, 1.82) is 0 Å². The van der Waals surface area contributed by atoms with Gasteiger partial charge in [0.1, 0.15) is 12.1 Å². The highest BCUT2D eigenvalue weighted by Gasteiger charge is 2.13. The van der Waals surface area contributed by atoms with Crippen molar-refractivity contribution in [2.75, 3.05) is 13.1 Å². The third kappa shape index (κ3) is 29.3. The first kappa shape index (κ1) is 42.0. The van der Waals surface area contributed by atoms with Gasteiger partial charge in [0.2, 0.25) is 5.91 Å². The SMILES string of the molecule is CCCCC(C)C(=O)NC(N)=NCCCC(N)C(=O)O.CCCCC(C)C(=O)O.NC(N)=NCCCC(N)C(=O)O. The second-order valence-electron chi connectivity index (χ2n) is 9.66. The summed E-state index contributed by atoms with van der Waals surface area (Å²) in [7, 11) is 0. The summed E-state index contributed by atoms with van der Waals surface area (Å²) in [5.41, 5.74) is 26.3. The smallest absolute Gasteiger partial charge is 0.320 e. The number of rotatable bonds is 18. The second-order valence-corrected chi connectivity index (χ2v) is 9.66. The highest BCUT2D eigenvalue weighted by molar-refractivity contribution is 5.97. The number of carbonyl (C=O) groups excluding carboxylic acids is 1. The lowest BCUT2D eigenvalue weighted by atomic mass is 10.0. The van der Waals surface area contributed by atoms with Crippen molar-refractivity contribution in [3.8, 4) is 0 Å². The molecule has 0 aliphatic carbocycles. The zero-order valence-electron chi connectivity index (χ0n) is 25.1. The molecule has 0 aromatic heterocycles. The Balaban J connectivity index is -0.000000583. The van der Waals surface area contributed by atoms with Gasteiger partial charge < -0.3 is 44.0 Å². The highest BCUT2D eigenvalue weighted by atomic mass is 16.4. The maximum atomic E-state index is 11.7. The molecule has 0 aromatic carbocycles. The summed E-state index contributed by atoms with van der Waals surface area (Å²) in [6.45, 7) is 8.50. The molecule has 0 spiro atoms. The molecule has 0 fully saturated rings. The molecule has 14 N–H and O–H groups in total. The number of carboxylic acids is 3. The van der Waals surface area contributed by atoms with E-state index in [2.05, 4.69) is 29.1 Å². The first-order valence-electron chi connectivity index (χ1n) is 14.0.